The minimum absolute atomic E-state index is 0.0584. The smallest absolute Gasteiger partial charge is 0.406 e. The van der Waals surface area contributed by atoms with Crippen molar-refractivity contribution in [2.75, 3.05) is 27.3 Å². The molecule has 10 heteroatoms. The normalized spacial score (nSPS) is 12.8. The number of nitrogens with zero attached hydrogens (tertiary/aromatic N) is 3. The number of aromatic nitrogens is 2. The summed E-state index contributed by atoms with van der Waals surface area (Å²) in [5, 5.41) is 10.2. The van der Waals surface area contributed by atoms with E-state index >= 15 is 0 Å². The van der Waals surface area contributed by atoms with Crippen LogP contribution < -0.4 is 9.47 Å². The van der Waals surface area contributed by atoms with Crippen molar-refractivity contribution < 1.29 is 32.5 Å². The fourth-order valence-corrected chi connectivity index (χ4v) is 2.74. The number of aliphatic hydroxyl groups is 1. The number of alkyl halides is 3. The van der Waals surface area contributed by atoms with Gasteiger partial charge >= 0.3 is 6.18 Å². The van der Waals surface area contributed by atoms with Crippen LogP contribution in [0.2, 0.25) is 0 Å². The van der Waals surface area contributed by atoms with E-state index < -0.39 is 18.8 Å². The molecular weight excluding hydrogens is 391 g/mol. The Bertz CT molecular complexity index is 823. The average Bonchev–Trinajstić information content (AvgIpc) is 3.04. The first kappa shape index (κ1) is 22.7. The molecule has 0 bridgehead atoms. The Kier molecular flexibility index (Phi) is 7.63. The van der Waals surface area contributed by atoms with Gasteiger partial charge in [0.1, 0.15) is 25.1 Å². The van der Waals surface area contributed by atoms with Crippen LogP contribution in [-0.4, -0.2) is 64.9 Å². The first-order chi connectivity index (χ1) is 13.6. The maximum absolute atomic E-state index is 12.6. The van der Waals surface area contributed by atoms with Crippen molar-refractivity contribution in [3.8, 4) is 11.5 Å². The summed E-state index contributed by atoms with van der Waals surface area (Å²) < 4.78 is 49.6. The summed E-state index contributed by atoms with van der Waals surface area (Å²) in [6.07, 6.45) is -2.65. The quantitative estimate of drug-likeness (QED) is 0.601. The Morgan fingerprint density at radius 2 is 2.07 bits per heavy atom. The molecule has 7 nitrogen and oxygen atoms in total. The molecule has 0 radical (unpaired) electrons. The molecule has 2 aromatic rings. The van der Waals surface area contributed by atoms with Crippen LogP contribution in [0.1, 0.15) is 23.1 Å². The van der Waals surface area contributed by atoms with Crippen molar-refractivity contribution in [2.45, 2.75) is 32.3 Å². The summed E-state index contributed by atoms with van der Waals surface area (Å²) >= 11 is 0. The Labute approximate surface area is 166 Å². The number of likely N-dealkylation sites (N-methyl/N-ethyl adjacent to an activating group) is 1. The van der Waals surface area contributed by atoms with Gasteiger partial charge in [-0.3, -0.25) is 9.69 Å². The van der Waals surface area contributed by atoms with E-state index in [4.69, 9.17) is 9.47 Å². The standard InChI is InChI=1S/C19H24F3N3O4/c1-13(26)14-4-5-16(17(8-14)28-3)29-11-15(27)9-24(2)10-18-23-6-7-25(18)12-19(20,21)22/h4-8,15,27H,9-12H2,1-3H3. The van der Waals surface area contributed by atoms with E-state index in [2.05, 4.69) is 4.98 Å². The summed E-state index contributed by atoms with van der Waals surface area (Å²) in [5.74, 6) is 0.882. The summed E-state index contributed by atoms with van der Waals surface area (Å²) in [7, 11) is 3.11. The second kappa shape index (κ2) is 9.75. The minimum Gasteiger partial charge on any atom is -0.493 e. The number of Topliss-reactive ketones (excluding diaryl/α,β-unsaturated/α-hetero) is 1. The Morgan fingerprint density at radius 1 is 1.34 bits per heavy atom. The number of benzene rings is 1. The van der Waals surface area contributed by atoms with Crippen molar-refractivity contribution >= 4 is 5.78 Å². The molecule has 29 heavy (non-hydrogen) atoms. The molecular formula is C19H24F3N3O4. The molecule has 1 atom stereocenters. The van der Waals surface area contributed by atoms with Gasteiger partial charge in [-0.2, -0.15) is 13.2 Å². The number of carbonyl (C=O) groups excluding carboxylic acids is 1. The molecule has 0 spiro atoms. The van der Waals surface area contributed by atoms with E-state index in [9.17, 15) is 23.1 Å². The lowest BCUT2D eigenvalue weighted by atomic mass is 10.1. The van der Waals surface area contributed by atoms with E-state index in [0.717, 1.165) is 4.57 Å². The third kappa shape index (κ3) is 7.06. The summed E-state index contributed by atoms with van der Waals surface area (Å²) in [6, 6.07) is 4.73. The Morgan fingerprint density at radius 3 is 2.69 bits per heavy atom. The van der Waals surface area contributed by atoms with E-state index in [1.54, 1.807) is 30.1 Å². The van der Waals surface area contributed by atoms with Crippen LogP contribution in [0.5, 0.6) is 11.5 Å². The zero-order chi connectivity index (χ0) is 21.6. The van der Waals surface area contributed by atoms with Gasteiger partial charge in [-0.25, -0.2) is 4.98 Å². The fourth-order valence-electron chi connectivity index (χ4n) is 2.74. The Balaban J connectivity index is 1.89. The highest BCUT2D eigenvalue weighted by Gasteiger charge is 2.29. The van der Waals surface area contributed by atoms with Gasteiger partial charge in [0.15, 0.2) is 17.3 Å². The Hall–Kier alpha value is -2.59. The molecule has 1 heterocycles. The molecule has 0 amide bonds. The second-order valence-corrected chi connectivity index (χ2v) is 6.67. The molecule has 0 fully saturated rings. The number of halogens is 3. The van der Waals surface area contributed by atoms with E-state index in [0.29, 0.717) is 17.1 Å². The highest BCUT2D eigenvalue weighted by Crippen LogP contribution is 2.28. The number of hydrogen-bond acceptors (Lipinski definition) is 6. The lowest BCUT2D eigenvalue weighted by Gasteiger charge is -2.21. The number of methoxy groups -OCH3 is 1. The van der Waals surface area contributed by atoms with E-state index in [1.165, 1.54) is 26.4 Å². The van der Waals surface area contributed by atoms with Crippen LogP contribution in [-0.2, 0) is 13.1 Å². The molecule has 1 aromatic heterocycles. The van der Waals surface area contributed by atoms with Crippen LogP contribution in [0, 0.1) is 0 Å². The number of hydrogen-bond donors (Lipinski definition) is 1. The van der Waals surface area contributed by atoms with Gasteiger partial charge in [0.2, 0.25) is 0 Å². The number of ether oxygens (including phenoxy) is 2. The largest absolute Gasteiger partial charge is 0.493 e. The van der Waals surface area contributed by atoms with E-state index in [1.807, 2.05) is 0 Å². The zero-order valence-corrected chi connectivity index (χ0v) is 16.4. The van der Waals surface area contributed by atoms with Gasteiger partial charge < -0.3 is 19.1 Å². The highest BCUT2D eigenvalue weighted by molar-refractivity contribution is 5.94. The van der Waals surface area contributed by atoms with Crippen molar-refractivity contribution in [2.24, 2.45) is 0 Å². The second-order valence-electron chi connectivity index (χ2n) is 6.67. The van der Waals surface area contributed by atoms with Crippen LogP contribution >= 0.6 is 0 Å². The van der Waals surface area contributed by atoms with Gasteiger partial charge in [-0.15, -0.1) is 0 Å². The molecule has 1 unspecified atom stereocenters. The SMILES string of the molecule is COc1cc(C(C)=O)ccc1OCC(O)CN(C)Cc1nccn1CC(F)(F)F. The van der Waals surface area contributed by atoms with E-state index in [-0.39, 0.29) is 31.3 Å². The van der Waals surface area contributed by atoms with Crippen molar-refractivity contribution in [1.29, 1.82) is 0 Å². The van der Waals surface area contributed by atoms with Crippen LogP contribution in [0.25, 0.3) is 0 Å². The predicted molar refractivity (Wildman–Crippen MR) is 99.1 cm³/mol. The third-order valence-corrected chi connectivity index (χ3v) is 4.09. The summed E-state index contributed by atoms with van der Waals surface area (Å²) in [4.78, 5) is 17.0. The third-order valence-electron chi connectivity index (χ3n) is 4.09. The van der Waals surface area contributed by atoms with Crippen molar-refractivity contribution in [1.82, 2.24) is 14.5 Å². The number of carbonyl (C=O) groups is 1. The van der Waals surface area contributed by atoms with Gasteiger partial charge in [0.05, 0.1) is 13.7 Å². The molecule has 1 N–H and O–H groups in total. The number of aliphatic hydroxyl groups excluding tert-OH is 1. The first-order valence-corrected chi connectivity index (χ1v) is 8.84. The molecule has 0 saturated heterocycles. The lowest BCUT2D eigenvalue weighted by Crippen LogP contribution is -2.34. The molecule has 1 aromatic carbocycles. The van der Waals surface area contributed by atoms with Crippen LogP contribution in [0.3, 0.4) is 0 Å². The maximum Gasteiger partial charge on any atom is 0.406 e. The lowest BCUT2D eigenvalue weighted by molar-refractivity contribution is -0.141. The fraction of sp³-hybridized carbons (Fsp3) is 0.474. The molecule has 0 aliphatic rings. The van der Waals surface area contributed by atoms with Crippen molar-refractivity contribution in [3.63, 3.8) is 0 Å². The van der Waals surface area contributed by atoms with Gasteiger partial charge in [0, 0.05) is 24.5 Å². The first-order valence-electron chi connectivity index (χ1n) is 8.84. The molecule has 0 aliphatic heterocycles. The molecule has 0 saturated carbocycles. The molecule has 160 valence electrons. The average molecular weight is 415 g/mol. The molecule has 2 rings (SSSR count). The van der Waals surface area contributed by atoms with Gasteiger partial charge in [-0.05, 0) is 32.2 Å². The van der Waals surface area contributed by atoms with Crippen molar-refractivity contribution in [3.05, 3.63) is 42.0 Å². The molecule has 0 aliphatic carbocycles. The van der Waals surface area contributed by atoms with Crippen LogP contribution in [0.4, 0.5) is 13.2 Å². The number of imidazole rings is 1. The topological polar surface area (TPSA) is 76.8 Å². The predicted octanol–water partition coefficient (Wildman–Crippen LogP) is 2.53. The number of ketones is 1. The summed E-state index contributed by atoms with van der Waals surface area (Å²) in [5.41, 5.74) is 0.476. The number of rotatable bonds is 10. The van der Waals surface area contributed by atoms with Gasteiger partial charge in [-0.1, -0.05) is 0 Å². The summed E-state index contributed by atoms with van der Waals surface area (Å²) in [6.45, 7) is 0.563. The van der Waals surface area contributed by atoms with Crippen LogP contribution in [0.15, 0.2) is 30.6 Å². The highest BCUT2D eigenvalue weighted by atomic mass is 19.4. The zero-order valence-electron chi connectivity index (χ0n) is 16.4. The monoisotopic (exact) mass is 415 g/mol. The maximum atomic E-state index is 12.6. The minimum atomic E-state index is -4.33. The van der Waals surface area contributed by atoms with Gasteiger partial charge in [0.25, 0.3) is 0 Å².